The minimum atomic E-state index is -0.742. The van der Waals surface area contributed by atoms with E-state index in [1.165, 1.54) is 0 Å². The molecule has 112 valence electrons. The van der Waals surface area contributed by atoms with E-state index in [1.807, 2.05) is 25.1 Å². The van der Waals surface area contributed by atoms with Crippen LogP contribution in [0.15, 0.2) is 30.3 Å². The Hall–Kier alpha value is -0.900. The third kappa shape index (κ3) is 3.81. The summed E-state index contributed by atoms with van der Waals surface area (Å²) < 4.78 is 11.8. The van der Waals surface area contributed by atoms with Crippen molar-refractivity contribution in [3.63, 3.8) is 0 Å². The Labute approximate surface area is 121 Å². The van der Waals surface area contributed by atoms with Gasteiger partial charge in [0.2, 0.25) is 0 Å². The van der Waals surface area contributed by atoms with Crippen molar-refractivity contribution in [2.24, 2.45) is 11.3 Å². The summed E-state index contributed by atoms with van der Waals surface area (Å²) in [6.07, 6.45) is 0.139. The number of aliphatic hydroxyl groups is 1. The van der Waals surface area contributed by atoms with Crippen molar-refractivity contribution >= 4 is 0 Å². The zero-order valence-corrected chi connectivity index (χ0v) is 12.9. The fourth-order valence-corrected chi connectivity index (χ4v) is 2.51. The molecule has 3 heteroatoms. The van der Waals surface area contributed by atoms with Crippen molar-refractivity contribution < 1.29 is 14.6 Å². The topological polar surface area (TPSA) is 38.7 Å². The number of benzene rings is 1. The lowest BCUT2D eigenvalue weighted by atomic mass is 9.81. The minimum Gasteiger partial charge on any atom is -0.373 e. The molecule has 0 aliphatic carbocycles. The van der Waals surface area contributed by atoms with E-state index in [9.17, 15) is 5.11 Å². The first-order chi connectivity index (χ1) is 9.38. The molecular formula is C17H26O3. The van der Waals surface area contributed by atoms with Crippen LogP contribution in [0, 0.1) is 11.3 Å². The average molecular weight is 278 g/mol. The highest BCUT2D eigenvalue weighted by Gasteiger charge is 2.40. The lowest BCUT2D eigenvalue weighted by Crippen LogP contribution is -2.48. The lowest BCUT2D eigenvalue weighted by Gasteiger charge is -2.43. The summed E-state index contributed by atoms with van der Waals surface area (Å²) in [5.74, 6) is -0.00249. The first kappa shape index (κ1) is 15.5. The molecule has 1 heterocycles. The second-order valence-corrected chi connectivity index (χ2v) is 6.81. The van der Waals surface area contributed by atoms with E-state index >= 15 is 0 Å². The highest BCUT2D eigenvalue weighted by molar-refractivity contribution is 5.13. The smallest absolute Gasteiger partial charge is 0.159 e. The van der Waals surface area contributed by atoms with E-state index < -0.39 is 6.29 Å². The van der Waals surface area contributed by atoms with E-state index in [1.54, 1.807) is 0 Å². The molecule has 3 nitrogen and oxygen atoms in total. The Morgan fingerprint density at radius 2 is 1.90 bits per heavy atom. The number of rotatable bonds is 3. The molecule has 1 aliphatic rings. The van der Waals surface area contributed by atoms with Gasteiger partial charge < -0.3 is 14.6 Å². The Kier molecular flexibility index (Phi) is 4.84. The van der Waals surface area contributed by atoms with Crippen LogP contribution in [0.1, 0.15) is 39.7 Å². The Morgan fingerprint density at radius 3 is 2.50 bits per heavy atom. The fraction of sp³-hybridized carbons (Fsp3) is 0.647. The van der Waals surface area contributed by atoms with Crippen molar-refractivity contribution in [2.45, 2.75) is 59.2 Å². The zero-order chi connectivity index (χ0) is 14.8. The maximum atomic E-state index is 10.1. The van der Waals surface area contributed by atoms with Crippen molar-refractivity contribution in [1.29, 1.82) is 0 Å². The van der Waals surface area contributed by atoms with Crippen molar-refractivity contribution in [3.05, 3.63) is 35.9 Å². The quantitative estimate of drug-likeness (QED) is 0.921. The van der Waals surface area contributed by atoms with Gasteiger partial charge in [-0.15, -0.1) is 0 Å². The van der Waals surface area contributed by atoms with Crippen LogP contribution < -0.4 is 0 Å². The van der Waals surface area contributed by atoms with E-state index in [2.05, 4.69) is 32.9 Å². The van der Waals surface area contributed by atoms with Gasteiger partial charge in [0, 0.05) is 12.3 Å². The summed E-state index contributed by atoms with van der Waals surface area (Å²) in [6, 6.07) is 10.1. The second-order valence-electron chi connectivity index (χ2n) is 6.81. The maximum absolute atomic E-state index is 10.1. The summed E-state index contributed by atoms with van der Waals surface area (Å²) in [5.41, 5.74) is 1.17. The van der Waals surface area contributed by atoms with Gasteiger partial charge in [-0.1, -0.05) is 58.0 Å². The normalized spacial score (nSPS) is 31.2. The van der Waals surface area contributed by atoms with Crippen LogP contribution in [0.25, 0.3) is 0 Å². The second kappa shape index (κ2) is 6.25. The summed E-state index contributed by atoms with van der Waals surface area (Å²) in [6.45, 7) is 8.97. The van der Waals surface area contributed by atoms with Gasteiger partial charge in [-0.2, -0.15) is 0 Å². The van der Waals surface area contributed by atoms with Crippen LogP contribution in [-0.2, 0) is 16.1 Å². The molecule has 4 atom stereocenters. The molecule has 0 bridgehead atoms. The van der Waals surface area contributed by atoms with Crippen LogP contribution in [0.4, 0.5) is 0 Å². The summed E-state index contributed by atoms with van der Waals surface area (Å²) in [7, 11) is 0. The predicted octanol–water partition coefficient (Wildman–Crippen LogP) is 3.36. The van der Waals surface area contributed by atoms with Crippen molar-refractivity contribution in [1.82, 2.24) is 0 Å². The summed E-state index contributed by atoms with van der Waals surface area (Å²) >= 11 is 0. The van der Waals surface area contributed by atoms with Gasteiger partial charge in [0.15, 0.2) is 6.29 Å². The summed E-state index contributed by atoms with van der Waals surface area (Å²) in [5, 5.41) is 10.1. The highest BCUT2D eigenvalue weighted by atomic mass is 16.6. The lowest BCUT2D eigenvalue weighted by molar-refractivity contribution is -0.250. The van der Waals surface area contributed by atoms with Crippen LogP contribution >= 0.6 is 0 Å². The Balaban J connectivity index is 1.98. The Morgan fingerprint density at radius 1 is 1.25 bits per heavy atom. The van der Waals surface area contributed by atoms with Crippen LogP contribution in [0.2, 0.25) is 0 Å². The SMILES string of the molecule is C[C@H]1[C@@H](O)O[C@H](C(C)(C)C)C[C@H]1OCc1ccccc1. The molecule has 1 fully saturated rings. The number of aliphatic hydroxyl groups excluding tert-OH is 1. The molecule has 1 saturated heterocycles. The molecule has 0 amide bonds. The standard InChI is InChI=1S/C17H26O3/c1-12-14(19-11-13-8-6-5-7-9-13)10-15(17(2,3)4)20-16(12)18/h5-9,12,14-16,18H,10-11H2,1-4H3/t12-,14-,15+,16+/m1/s1. The molecule has 1 aromatic rings. The molecule has 1 aromatic carbocycles. The number of hydrogen-bond donors (Lipinski definition) is 1. The first-order valence-corrected chi connectivity index (χ1v) is 7.37. The van der Waals surface area contributed by atoms with Crippen molar-refractivity contribution in [2.75, 3.05) is 0 Å². The molecule has 1 aliphatic heterocycles. The number of hydrogen-bond acceptors (Lipinski definition) is 3. The first-order valence-electron chi connectivity index (χ1n) is 7.37. The molecule has 2 rings (SSSR count). The molecule has 1 N–H and O–H groups in total. The van der Waals surface area contributed by atoms with Gasteiger partial charge >= 0.3 is 0 Å². The van der Waals surface area contributed by atoms with Gasteiger partial charge in [0.25, 0.3) is 0 Å². The molecular weight excluding hydrogens is 252 g/mol. The largest absolute Gasteiger partial charge is 0.373 e. The molecule has 0 spiro atoms. The minimum absolute atomic E-state index is 0.00249. The monoisotopic (exact) mass is 278 g/mol. The van der Waals surface area contributed by atoms with Gasteiger partial charge in [0.1, 0.15) is 0 Å². The average Bonchev–Trinajstić information content (AvgIpc) is 2.40. The van der Waals surface area contributed by atoms with Gasteiger partial charge in [0.05, 0.1) is 18.8 Å². The van der Waals surface area contributed by atoms with E-state index in [4.69, 9.17) is 9.47 Å². The number of ether oxygens (including phenoxy) is 2. The van der Waals surface area contributed by atoms with Crippen LogP contribution in [0.3, 0.4) is 0 Å². The zero-order valence-electron chi connectivity index (χ0n) is 12.9. The molecule has 0 aromatic heterocycles. The highest BCUT2D eigenvalue weighted by Crippen LogP contribution is 2.35. The van der Waals surface area contributed by atoms with E-state index in [0.29, 0.717) is 6.61 Å². The summed E-state index contributed by atoms with van der Waals surface area (Å²) in [4.78, 5) is 0. The molecule has 0 unspecified atom stereocenters. The molecule has 20 heavy (non-hydrogen) atoms. The maximum Gasteiger partial charge on any atom is 0.159 e. The van der Waals surface area contributed by atoms with Crippen LogP contribution in [-0.4, -0.2) is 23.6 Å². The predicted molar refractivity (Wildman–Crippen MR) is 79.1 cm³/mol. The van der Waals surface area contributed by atoms with Crippen molar-refractivity contribution in [3.8, 4) is 0 Å². The van der Waals surface area contributed by atoms with Gasteiger partial charge in [-0.05, 0) is 11.0 Å². The van der Waals surface area contributed by atoms with E-state index in [-0.39, 0.29) is 23.5 Å². The fourth-order valence-electron chi connectivity index (χ4n) is 2.51. The Bertz CT molecular complexity index is 410. The van der Waals surface area contributed by atoms with E-state index in [0.717, 1.165) is 12.0 Å². The van der Waals surface area contributed by atoms with Crippen LogP contribution in [0.5, 0.6) is 0 Å². The molecule has 0 saturated carbocycles. The molecule has 0 radical (unpaired) electrons. The van der Waals surface area contributed by atoms with Gasteiger partial charge in [-0.3, -0.25) is 0 Å². The third-order valence-corrected chi connectivity index (χ3v) is 4.06. The third-order valence-electron chi connectivity index (χ3n) is 4.06. The van der Waals surface area contributed by atoms with Gasteiger partial charge in [-0.25, -0.2) is 0 Å².